The summed E-state index contributed by atoms with van der Waals surface area (Å²) in [7, 11) is -3.64. The molecule has 0 fully saturated rings. The minimum absolute atomic E-state index is 0.173. The summed E-state index contributed by atoms with van der Waals surface area (Å²) in [6.07, 6.45) is 0. The molecule has 1 atom stereocenters. The van der Waals surface area contributed by atoms with Gasteiger partial charge < -0.3 is 0 Å². The quantitative estimate of drug-likeness (QED) is 0.805. The molecule has 0 heterocycles. The van der Waals surface area contributed by atoms with Crippen LogP contribution in [0.1, 0.15) is 17.3 Å². The molecule has 0 amide bonds. The lowest BCUT2D eigenvalue weighted by Gasteiger charge is -2.12. The van der Waals surface area contributed by atoms with E-state index >= 15 is 0 Å². The SMILES string of the molecule is CC(C(=O)c1ccccc1)S(=O)(=O)c1ccccc1. The Morgan fingerprint density at radius 2 is 1.37 bits per heavy atom. The topological polar surface area (TPSA) is 51.2 Å². The van der Waals surface area contributed by atoms with Crippen LogP contribution in [0.2, 0.25) is 0 Å². The second kappa shape index (κ2) is 5.36. The summed E-state index contributed by atoms with van der Waals surface area (Å²) in [5.74, 6) is -0.385. The molecule has 0 saturated heterocycles. The lowest BCUT2D eigenvalue weighted by Crippen LogP contribution is -2.27. The fourth-order valence-electron chi connectivity index (χ4n) is 1.79. The number of carbonyl (C=O) groups excluding carboxylic acids is 1. The van der Waals surface area contributed by atoms with Gasteiger partial charge in [-0.2, -0.15) is 0 Å². The first-order valence-corrected chi connectivity index (χ1v) is 7.46. The Hall–Kier alpha value is -1.94. The largest absolute Gasteiger partial charge is 0.293 e. The Morgan fingerprint density at radius 3 is 1.89 bits per heavy atom. The number of ketones is 1. The smallest absolute Gasteiger partial charge is 0.188 e. The predicted molar refractivity (Wildman–Crippen MR) is 73.9 cm³/mol. The van der Waals surface area contributed by atoms with Crippen LogP contribution >= 0.6 is 0 Å². The Balaban J connectivity index is 2.35. The van der Waals surface area contributed by atoms with Gasteiger partial charge in [0.15, 0.2) is 15.6 Å². The first-order chi connectivity index (χ1) is 9.03. The molecule has 4 heteroatoms. The van der Waals surface area contributed by atoms with Crippen LogP contribution in [-0.2, 0) is 9.84 Å². The second-order valence-electron chi connectivity index (χ2n) is 4.23. The van der Waals surface area contributed by atoms with Crippen molar-refractivity contribution in [1.29, 1.82) is 0 Å². The summed E-state index contributed by atoms with van der Waals surface area (Å²) in [6.45, 7) is 1.43. The van der Waals surface area contributed by atoms with E-state index in [9.17, 15) is 13.2 Å². The number of rotatable bonds is 4. The van der Waals surface area contributed by atoms with Gasteiger partial charge in [0.2, 0.25) is 0 Å². The van der Waals surface area contributed by atoms with Crippen LogP contribution in [0.5, 0.6) is 0 Å². The molecule has 0 bridgehead atoms. The normalized spacial score (nSPS) is 12.9. The van der Waals surface area contributed by atoms with Gasteiger partial charge in [0.05, 0.1) is 4.90 Å². The molecule has 0 aliphatic rings. The molecule has 2 aromatic carbocycles. The molecule has 0 spiro atoms. The van der Waals surface area contributed by atoms with Gasteiger partial charge in [0.25, 0.3) is 0 Å². The average molecular weight is 274 g/mol. The predicted octanol–water partition coefficient (Wildman–Crippen LogP) is 2.73. The first-order valence-electron chi connectivity index (χ1n) is 5.91. The monoisotopic (exact) mass is 274 g/mol. The van der Waals surface area contributed by atoms with Crippen molar-refractivity contribution in [3.63, 3.8) is 0 Å². The second-order valence-corrected chi connectivity index (χ2v) is 6.50. The fraction of sp³-hybridized carbons (Fsp3) is 0.133. The Morgan fingerprint density at radius 1 is 0.895 bits per heavy atom. The van der Waals surface area contributed by atoms with Crippen LogP contribution in [0.3, 0.4) is 0 Å². The highest BCUT2D eigenvalue weighted by molar-refractivity contribution is 7.92. The van der Waals surface area contributed by atoms with E-state index in [1.54, 1.807) is 48.5 Å². The zero-order chi connectivity index (χ0) is 13.9. The van der Waals surface area contributed by atoms with Gasteiger partial charge in [-0.15, -0.1) is 0 Å². The van der Waals surface area contributed by atoms with Crippen LogP contribution in [0.25, 0.3) is 0 Å². The van der Waals surface area contributed by atoms with E-state index in [0.29, 0.717) is 5.56 Å². The van der Waals surface area contributed by atoms with Crippen LogP contribution in [0.4, 0.5) is 0 Å². The van der Waals surface area contributed by atoms with Crippen molar-refractivity contribution in [3.8, 4) is 0 Å². The van der Waals surface area contributed by atoms with Crippen molar-refractivity contribution in [1.82, 2.24) is 0 Å². The molecule has 1 unspecified atom stereocenters. The summed E-state index contributed by atoms with van der Waals surface area (Å²) in [5, 5.41) is -1.09. The van der Waals surface area contributed by atoms with Gasteiger partial charge in [-0.1, -0.05) is 48.5 Å². The molecule has 2 aromatic rings. The number of hydrogen-bond acceptors (Lipinski definition) is 3. The van der Waals surface area contributed by atoms with Crippen molar-refractivity contribution < 1.29 is 13.2 Å². The average Bonchev–Trinajstić information content (AvgIpc) is 2.47. The first kappa shape index (κ1) is 13.5. The molecule has 19 heavy (non-hydrogen) atoms. The van der Waals surface area contributed by atoms with Crippen LogP contribution in [-0.4, -0.2) is 19.5 Å². The maximum absolute atomic E-state index is 12.3. The highest BCUT2D eigenvalue weighted by Crippen LogP contribution is 2.18. The summed E-state index contributed by atoms with van der Waals surface area (Å²) < 4.78 is 24.7. The van der Waals surface area contributed by atoms with Crippen molar-refractivity contribution in [2.24, 2.45) is 0 Å². The third-order valence-electron chi connectivity index (χ3n) is 2.96. The zero-order valence-electron chi connectivity index (χ0n) is 10.5. The van der Waals surface area contributed by atoms with Crippen molar-refractivity contribution in [2.45, 2.75) is 17.1 Å². The third kappa shape index (κ3) is 2.74. The Kier molecular flexibility index (Phi) is 3.81. The van der Waals surface area contributed by atoms with Gasteiger partial charge >= 0.3 is 0 Å². The molecule has 0 saturated carbocycles. The number of hydrogen-bond donors (Lipinski definition) is 0. The number of benzene rings is 2. The minimum Gasteiger partial charge on any atom is -0.293 e. The van der Waals surface area contributed by atoms with Gasteiger partial charge in [0.1, 0.15) is 5.25 Å². The number of Topliss-reactive ketones (excluding diaryl/α,β-unsaturated/α-hetero) is 1. The maximum atomic E-state index is 12.3. The van der Waals surface area contributed by atoms with Crippen molar-refractivity contribution >= 4 is 15.6 Å². The van der Waals surface area contributed by atoms with Crippen molar-refractivity contribution in [2.75, 3.05) is 0 Å². The van der Waals surface area contributed by atoms with E-state index in [0.717, 1.165) is 0 Å². The summed E-state index contributed by atoms with van der Waals surface area (Å²) in [4.78, 5) is 12.4. The van der Waals surface area contributed by atoms with E-state index in [1.807, 2.05) is 0 Å². The highest BCUT2D eigenvalue weighted by atomic mass is 32.2. The minimum atomic E-state index is -3.64. The molecule has 2 rings (SSSR count). The molecule has 0 aliphatic heterocycles. The molecule has 0 aromatic heterocycles. The lowest BCUT2D eigenvalue weighted by atomic mass is 10.1. The summed E-state index contributed by atoms with van der Waals surface area (Å²) in [6, 6.07) is 16.5. The van der Waals surface area contributed by atoms with Crippen molar-refractivity contribution in [3.05, 3.63) is 66.2 Å². The molecule has 0 aliphatic carbocycles. The Labute approximate surface area is 112 Å². The zero-order valence-corrected chi connectivity index (χ0v) is 11.3. The molecule has 98 valence electrons. The van der Waals surface area contributed by atoms with Crippen LogP contribution in [0, 0.1) is 0 Å². The summed E-state index contributed by atoms with van der Waals surface area (Å²) >= 11 is 0. The van der Waals surface area contributed by atoms with Crippen LogP contribution in [0.15, 0.2) is 65.6 Å². The van der Waals surface area contributed by atoms with Gasteiger partial charge in [0, 0.05) is 5.56 Å². The van der Waals surface area contributed by atoms with E-state index in [4.69, 9.17) is 0 Å². The third-order valence-corrected chi connectivity index (χ3v) is 5.04. The summed E-state index contributed by atoms with van der Waals surface area (Å²) in [5.41, 5.74) is 0.412. The van der Waals surface area contributed by atoms with Gasteiger partial charge in [-0.3, -0.25) is 4.79 Å². The van der Waals surface area contributed by atoms with E-state index in [1.165, 1.54) is 19.1 Å². The fourth-order valence-corrected chi connectivity index (χ4v) is 3.15. The molecule has 0 N–H and O–H groups in total. The maximum Gasteiger partial charge on any atom is 0.188 e. The van der Waals surface area contributed by atoms with E-state index in [-0.39, 0.29) is 10.7 Å². The Bertz CT molecular complexity index is 661. The van der Waals surface area contributed by atoms with Gasteiger partial charge in [-0.25, -0.2) is 8.42 Å². The molecular formula is C15H14O3S. The standard InChI is InChI=1S/C15H14O3S/c1-12(15(16)13-8-4-2-5-9-13)19(17,18)14-10-6-3-7-11-14/h2-12H,1H3. The van der Waals surface area contributed by atoms with Gasteiger partial charge in [-0.05, 0) is 19.1 Å². The van der Waals surface area contributed by atoms with E-state index in [2.05, 4.69) is 0 Å². The van der Waals surface area contributed by atoms with E-state index < -0.39 is 15.1 Å². The highest BCUT2D eigenvalue weighted by Gasteiger charge is 2.29. The molecule has 3 nitrogen and oxygen atoms in total. The van der Waals surface area contributed by atoms with Crippen LogP contribution < -0.4 is 0 Å². The number of carbonyl (C=O) groups is 1. The lowest BCUT2D eigenvalue weighted by molar-refractivity contribution is 0.0991. The number of sulfone groups is 1. The molecule has 0 radical (unpaired) electrons. The molecular weight excluding hydrogens is 260 g/mol.